The van der Waals surface area contributed by atoms with E-state index in [4.69, 9.17) is 4.74 Å². The minimum Gasteiger partial charge on any atom is -0.497 e. The van der Waals surface area contributed by atoms with Gasteiger partial charge < -0.3 is 10.1 Å². The van der Waals surface area contributed by atoms with Crippen molar-refractivity contribution in [3.8, 4) is 5.75 Å². The minimum absolute atomic E-state index is 0.00489. The lowest BCUT2D eigenvalue weighted by Gasteiger charge is -2.03. The zero-order valence-corrected chi connectivity index (χ0v) is 10.5. The topological polar surface area (TPSA) is 79.9 Å². The van der Waals surface area contributed by atoms with Crippen LogP contribution in [0.4, 0.5) is 5.82 Å². The number of carbonyl (C=O) groups is 1. The van der Waals surface area contributed by atoms with Gasteiger partial charge in [-0.3, -0.25) is 4.79 Å². The van der Waals surface area contributed by atoms with Crippen molar-refractivity contribution < 1.29 is 9.53 Å². The summed E-state index contributed by atoms with van der Waals surface area (Å²) in [5.41, 5.74) is 1.17. The number of benzene rings is 1. The van der Waals surface area contributed by atoms with E-state index in [1.54, 1.807) is 7.11 Å². The lowest BCUT2D eigenvalue weighted by molar-refractivity contribution is -0.117. The molecule has 19 heavy (non-hydrogen) atoms. The summed E-state index contributed by atoms with van der Waals surface area (Å²) in [6, 6.07) is 7.85. The van der Waals surface area contributed by atoms with Crippen LogP contribution in [0, 0.1) is 5.92 Å². The first-order chi connectivity index (χ1) is 9.28. The maximum atomic E-state index is 12.0. The molecule has 0 spiro atoms. The van der Waals surface area contributed by atoms with Crippen LogP contribution in [-0.2, 0) is 4.79 Å². The number of nitrogens with one attached hydrogen (secondary N) is 2. The number of aromatic amines is 1. The van der Waals surface area contributed by atoms with Crippen LogP contribution in [0.5, 0.6) is 5.75 Å². The number of ether oxygens (including phenoxy) is 1. The molecule has 1 aliphatic rings. The van der Waals surface area contributed by atoms with Gasteiger partial charge in [-0.1, -0.05) is 12.1 Å². The molecule has 1 heterocycles. The number of H-pyrrole nitrogens is 1. The molecule has 0 radical (unpaired) electrons. The zero-order valence-electron chi connectivity index (χ0n) is 10.5. The van der Waals surface area contributed by atoms with Crippen molar-refractivity contribution in [2.75, 3.05) is 12.4 Å². The molecule has 0 bridgehead atoms. The smallest absolute Gasteiger partial charge is 0.229 e. The molecule has 6 nitrogen and oxygen atoms in total. The predicted molar refractivity (Wildman–Crippen MR) is 68.9 cm³/mol. The van der Waals surface area contributed by atoms with Crippen molar-refractivity contribution in [2.45, 2.75) is 12.3 Å². The number of anilines is 1. The highest BCUT2D eigenvalue weighted by atomic mass is 16.5. The first-order valence-electron chi connectivity index (χ1n) is 6.08. The second-order valence-corrected chi connectivity index (χ2v) is 4.57. The maximum Gasteiger partial charge on any atom is 0.229 e. The molecule has 2 atom stereocenters. The first-order valence-corrected chi connectivity index (χ1v) is 6.08. The van der Waals surface area contributed by atoms with Crippen molar-refractivity contribution in [3.63, 3.8) is 0 Å². The summed E-state index contributed by atoms with van der Waals surface area (Å²) < 4.78 is 5.12. The lowest BCUT2D eigenvalue weighted by atomic mass is 10.1. The average molecular weight is 258 g/mol. The van der Waals surface area contributed by atoms with E-state index in [0.717, 1.165) is 12.2 Å². The van der Waals surface area contributed by atoms with Crippen LogP contribution in [0.25, 0.3) is 0 Å². The number of amides is 1. The summed E-state index contributed by atoms with van der Waals surface area (Å²) in [5, 5.41) is 12.6. The van der Waals surface area contributed by atoms with Gasteiger partial charge in [-0.15, -0.1) is 5.10 Å². The Bertz CT molecular complexity index is 565. The van der Waals surface area contributed by atoms with E-state index in [-0.39, 0.29) is 17.7 Å². The molecule has 2 N–H and O–H groups in total. The summed E-state index contributed by atoms with van der Waals surface area (Å²) in [7, 11) is 1.64. The fourth-order valence-corrected chi connectivity index (χ4v) is 2.19. The molecule has 6 heteroatoms. The van der Waals surface area contributed by atoms with E-state index in [0.29, 0.717) is 5.82 Å². The van der Waals surface area contributed by atoms with Gasteiger partial charge in [0.25, 0.3) is 0 Å². The fraction of sp³-hybridized carbons (Fsp3) is 0.308. The molecule has 0 unspecified atom stereocenters. The zero-order chi connectivity index (χ0) is 13.2. The maximum absolute atomic E-state index is 12.0. The van der Waals surface area contributed by atoms with Crippen LogP contribution in [0.1, 0.15) is 17.9 Å². The van der Waals surface area contributed by atoms with Crippen molar-refractivity contribution in [1.82, 2.24) is 15.4 Å². The number of rotatable bonds is 4. The highest BCUT2D eigenvalue weighted by Gasteiger charge is 2.44. The van der Waals surface area contributed by atoms with Crippen LogP contribution in [0.2, 0.25) is 0 Å². The second-order valence-electron chi connectivity index (χ2n) is 4.57. The quantitative estimate of drug-likeness (QED) is 0.872. The summed E-state index contributed by atoms with van der Waals surface area (Å²) in [5.74, 6) is 1.59. The number of carbonyl (C=O) groups excluding carboxylic acids is 1. The third-order valence-corrected chi connectivity index (χ3v) is 3.34. The Kier molecular flexibility index (Phi) is 2.91. The highest BCUT2D eigenvalue weighted by Crippen LogP contribution is 2.48. The minimum atomic E-state index is -0.00489. The summed E-state index contributed by atoms with van der Waals surface area (Å²) in [6.45, 7) is 0. The molecule has 1 amide bonds. The van der Waals surface area contributed by atoms with Crippen molar-refractivity contribution in [1.29, 1.82) is 0 Å². The monoisotopic (exact) mass is 258 g/mol. The first kappa shape index (κ1) is 11.7. The molecule has 1 aromatic carbocycles. The Balaban J connectivity index is 1.62. The van der Waals surface area contributed by atoms with Crippen LogP contribution < -0.4 is 10.1 Å². The average Bonchev–Trinajstić information content (AvgIpc) is 3.09. The molecule has 1 aromatic heterocycles. The molecule has 1 aliphatic carbocycles. The molecule has 3 rings (SSSR count). The summed E-state index contributed by atoms with van der Waals surface area (Å²) >= 11 is 0. The molecular weight excluding hydrogens is 244 g/mol. The van der Waals surface area contributed by atoms with Crippen LogP contribution in [0.15, 0.2) is 30.5 Å². The Morgan fingerprint density at radius 2 is 2.21 bits per heavy atom. The highest BCUT2D eigenvalue weighted by molar-refractivity contribution is 5.94. The predicted octanol–water partition coefficient (Wildman–Crippen LogP) is 1.56. The van der Waals surface area contributed by atoms with Gasteiger partial charge in [0.2, 0.25) is 5.91 Å². The van der Waals surface area contributed by atoms with Gasteiger partial charge in [0.1, 0.15) is 5.75 Å². The van der Waals surface area contributed by atoms with Crippen LogP contribution in [-0.4, -0.2) is 28.4 Å². The van der Waals surface area contributed by atoms with Gasteiger partial charge in [-0.25, -0.2) is 0 Å². The van der Waals surface area contributed by atoms with Crippen LogP contribution in [0.3, 0.4) is 0 Å². The SMILES string of the molecule is COc1ccc([C@@H]2C[C@H]2C(=O)Nc2cn[nH]n2)cc1. The summed E-state index contributed by atoms with van der Waals surface area (Å²) in [6.07, 6.45) is 2.36. The van der Waals surface area contributed by atoms with Gasteiger partial charge in [0.15, 0.2) is 5.82 Å². The number of hydrogen-bond donors (Lipinski definition) is 2. The molecule has 1 saturated carbocycles. The molecule has 0 saturated heterocycles. The molecule has 2 aromatic rings. The fourth-order valence-electron chi connectivity index (χ4n) is 2.19. The molecule has 1 fully saturated rings. The standard InChI is InChI=1S/C13H14N4O2/c1-19-9-4-2-8(3-5-9)10-6-11(10)13(18)15-12-7-14-17-16-12/h2-5,7,10-11H,6H2,1H3,(H2,14,15,16,17,18)/t10-,11+/m0/s1. The van der Waals surface area contributed by atoms with E-state index >= 15 is 0 Å². The number of nitrogens with zero attached hydrogens (tertiary/aromatic N) is 2. The van der Waals surface area contributed by atoms with E-state index < -0.39 is 0 Å². The molecule has 98 valence electrons. The summed E-state index contributed by atoms with van der Waals surface area (Å²) in [4.78, 5) is 12.0. The van der Waals surface area contributed by atoms with Gasteiger partial charge in [-0.05, 0) is 30.0 Å². The Morgan fingerprint density at radius 1 is 1.42 bits per heavy atom. The van der Waals surface area contributed by atoms with Gasteiger partial charge in [-0.2, -0.15) is 10.3 Å². The van der Waals surface area contributed by atoms with Crippen molar-refractivity contribution >= 4 is 11.7 Å². The van der Waals surface area contributed by atoms with Crippen molar-refractivity contribution in [3.05, 3.63) is 36.0 Å². The van der Waals surface area contributed by atoms with E-state index in [1.165, 1.54) is 11.8 Å². The Morgan fingerprint density at radius 3 is 2.84 bits per heavy atom. The van der Waals surface area contributed by atoms with Gasteiger partial charge >= 0.3 is 0 Å². The largest absolute Gasteiger partial charge is 0.497 e. The van der Waals surface area contributed by atoms with E-state index in [2.05, 4.69) is 20.7 Å². The van der Waals surface area contributed by atoms with Gasteiger partial charge in [0, 0.05) is 5.92 Å². The number of hydrogen-bond acceptors (Lipinski definition) is 4. The van der Waals surface area contributed by atoms with E-state index in [9.17, 15) is 4.79 Å². The Labute approximate surface area is 110 Å². The van der Waals surface area contributed by atoms with Gasteiger partial charge in [0.05, 0.1) is 13.3 Å². The Hall–Kier alpha value is -2.37. The number of methoxy groups -OCH3 is 1. The van der Waals surface area contributed by atoms with Crippen molar-refractivity contribution in [2.24, 2.45) is 5.92 Å². The second kappa shape index (κ2) is 4.72. The third-order valence-electron chi connectivity index (χ3n) is 3.34. The van der Waals surface area contributed by atoms with Crippen LogP contribution >= 0.6 is 0 Å². The lowest BCUT2D eigenvalue weighted by Crippen LogP contribution is -2.14. The third kappa shape index (κ3) is 2.42. The normalized spacial score (nSPS) is 20.9. The number of aromatic nitrogens is 3. The molecule has 0 aliphatic heterocycles. The molecular formula is C13H14N4O2. The van der Waals surface area contributed by atoms with E-state index in [1.807, 2.05) is 24.3 Å².